The Morgan fingerprint density at radius 2 is 0.308 bits per heavy atom. The van der Waals surface area contributed by atoms with Crippen molar-refractivity contribution in [3.8, 4) is 59.2 Å². The molecule has 0 amide bonds. The minimum atomic E-state index is -0.728. The molecule has 0 atom stereocenters. The van der Waals surface area contributed by atoms with E-state index < -0.39 is 35.8 Å². The van der Waals surface area contributed by atoms with Gasteiger partial charge in [-0.1, -0.05) is 71.3 Å². The van der Waals surface area contributed by atoms with Gasteiger partial charge in [0.15, 0.2) is 0 Å². The standard InChI is InChI=1S/C100H122O30/c1-73-13-15-89(95(101)125-57-51-119-45-39-113-33-27-107-7)63-79(73)17-19-81-65-91(97(103)127-59-53-121-47-41-115-35-29-109-9)67-83(75(81)3)21-23-85-69-93(99(105)129-61-55-123-49-43-117-37-31-111-11)71-87(77(85)5)25-26-88-72-94(100(106)130-62-56-124-50-44-118-38-32-112-12)70-86(78(88)6)24-22-84-68-92(98(104)128-60-54-122-48-42-116-36-30-110-10)66-82(76(84)4)20-18-80-64-90(16-14-74(80)2)96(102)126-58-52-120-46-40-114-34-28-108-8/h13-16,63-72H,27-62H2,1-12H3. The van der Waals surface area contributed by atoms with E-state index in [0.717, 1.165) is 11.1 Å². The molecule has 0 fully saturated rings. The SMILES string of the molecule is COCCOCCOCCOC(=O)c1ccc(C)c(C#Cc2cc(C(=O)OCCOCCOCCOC)cc(C#Cc3cc(C(=O)OCCOCCOCCOC)cc(C#Cc4cc(C(=O)OCCOCCOCCOC)cc(C#Cc5cc(C(=O)OCCOCCOCCOC)cc(C#Cc6cc(C(=O)OCCOCCOCCOC)ccc6C)c5C)c4C)c3C)c2C)c1. The molecule has 0 saturated carbocycles. The molecule has 130 heavy (non-hydrogen) atoms. The summed E-state index contributed by atoms with van der Waals surface area (Å²) < 4.78 is 131. The van der Waals surface area contributed by atoms with Crippen molar-refractivity contribution in [2.75, 3.05) is 281 Å². The van der Waals surface area contributed by atoms with E-state index in [1.54, 1.807) is 155 Å². The number of rotatable bonds is 60. The van der Waals surface area contributed by atoms with Crippen molar-refractivity contribution < 1.29 is 142 Å². The molecule has 0 unspecified atom stereocenters. The molecule has 0 aliphatic heterocycles. The molecule has 6 rings (SSSR count). The van der Waals surface area contributed by atoms with Gasteiger partial charge in [-0.3, -0.25) is 0 Å². The lowest BCUT2D eigenvalue weighted by atomic mass is 9.95. The Morgan fingerprint density at radius 1 is 0.177 bits per heavy atom. The Morgan fingerprint density at radius 3 is 0.469 bits per heavy atom. The second kappa shape index (κ2) is 65.7. The van der Waals surface area contributed by atoms with Gasteiger partial charge in [0.05, 0.1) is 232 Å². The topological polar surface area (TPSA) is 324 Å². The van der Waals surface area contributed by atoms with Crippen LogP contribution in [0.25, 0.3) is 0 Å². The molecule has 6 aromatic carbocycles. The maximum Gasteiger partial charge on any atom is 0.338 e. The van der Waals surface area contributed by atoms with Crippen LogP contribution in [0.15, 0.2) is 84.9 Å². The first-order valence-electron chi connectivity index (χ1n) is 42.6. The van der Waals surface area contributed by atoms with Crippen molar-refractivity contribution in [1.82, 2.24) is 0 Å². The second-order valence-corrected chi connectivity index (χ2v) is 28.2. The van der Waals surface area contributed by atoms with Gasteiger partial charge in [0, 0.05) is 98.3 Å². The molecule has 30 heteroatoms. The zero-order valence-electron chi connectivity index (χ0n) is 76.8. The van der Waals surface area contributed by atoms with Crippen molar-refractivity contribution in [3.05, 3.63) is 207 Å². The van der Waals surface area contributed by atoms with Crippen LogP contribution in [0, 0.1) is 101 Å². The Labute approximate surface area is 763 Å². The summed E-state index contributed by atoms with van der Waals surface area (Å²) in [5, 5.41) is 0. The molecule has 0 bridgehead atoms. The monoisotopic (exact) mass is 1800 g/mol. The number of benzene rings is 6. The van der Waals surface area contributed by atoms with Gasteiger partial charge >= 0.3 is 35.8 Å². The van der Waals surface area contributed by atoms with Crippen LogP contribution in [0.2, 0.25) is 0 Å². The highest BCUT2D eigenvalue weighted by Crippen LogP contribution is 2.25. The highest BCUT2D eigenvalue weighted by atomic mass is 16.6. The highest BCUT2D eigenvalue weighted by molar-refractivity contribution is 5.94. The van der Waals surface area contributed by atoms with E-state index in [0.29, 0.717) is 197 Å². The lowest BCUT2D eigenvalue weighted by Gasteiger charge is -2.11. The average Bonchev–Trinajstić information content (AvgIpc) is 0.806. The van der Waals surface area contributed by atoms with Crippen molar-refractivity contribution in [1.29, 1.82) is 0 Å². The lowest BCUT2D eigenvalue weighted by molar-refractivity contribution is 0.00552. The zero-order chi connectivity index (χ0) is 93.6. The summed E-state index contributed by atoms with van der Waals surface area (Å²) in [5.41, 5.74) is 8.49. The van der Waals surface area contributed by atoms with Gasteiger partial charge in [-0.2, -0.15) is 0 Å². The van der Waals surface area contributed by atoms with Crippen molar-refractivity contribution in [2.45, 2.75) is 41.5 Å². The van der Waals surface area contributed by atoms with Crippen LogP contribution in [-0.4, -0.2) is 316 Å². The molecule has 6 aromatic rings. The van der Waals surface area contributed by atoms with Gasteiger partial charge in [0.1, 0.15) is 39.6 Å². The number of hydrogen-bond acceptors (Lipinski definition) is 30. The predicted octanol–water partition coefficient (Wildman–Crippen LogP) is 9.55. The zero-order valence-corrected chi connectivity index (χ0v) is 76.8. The number of ether oxygens (including phenoxy) is 24. The van der Waals surface area contributed by atoms with Gasteiger partial charge in [0.25, 0.3) is 0 Å². The van der Waals surface area contributed by atoms with Crippen LogP contribution in [0.3, 0.4) is 0 Å². The van der Waals surface area contributed by atoms with E-state index in [9.17, 15) is 28.8 Å². The highest BCUT2D eigenvalue weighted by Gasteiger charge is 2.21. The Bertz CT molecular complexity index is 4560. The van der Waals surface area contributed by atoms with Crippen LogP contribution in [0.1, 0.15) is 151 Å². The molecule has 0 heterocycles. The van der Waals surface area contributed by atoms with Crippen molar-refractivity contribution >= 4 is 35.8 Å². The molecule has 0 aliphatic carbocycles. The second-order valence-electron chi connectivity index (χ2n) is 28.2. The number of carbonyl (C=O) groups excluding carboxylic acids is 6. The maximum absolute atomic E-state index is 14.4. The molecule has 0 radical (unpaired) electrons. The van der Waals surface area contributed by atoms with Crippen LogP contribution >= 0.6 is 0 Å². The molecular formula is C100H122O30. The van der Waals surface area contributed by atoms with E-state index in [-0.39, 0.29) is 152 Å². The van der Waals surface area contributed by atoms with Gasteiger partial charge in [-0.25, -0.2) is 28.8 Å². The first-order chi connectivity index (χ1) is 63.3. The third-order valence-corrected chi connectivity index (χ3v) is 18.8. The number of aryl methyl sites for hydroxylation is 2. The average molecular weight is 1800 g/mol. The minimum absolute atomic E-state index is 0.00114. The third-order valence-electron chi connectivity index (χ3n) is 18.8. The molecule has 0 spiro atoms. The Hall–Kier alpha value is -10.8. The molecule has 30 nitrogen and oxygen atoms in total. The summed E-state index contributed by atoms with van der Waals surface area (Å²) >= 11 is 0. The summed E-state index contributed by atoms with van der Waals surface area (Å²) in [4.78, 5) is 83.7. The van der Waals surface area contributed by atoms with Crippen molar-refractivity contribution in [2.24, 2.45) is 0 Å². The van der Waals surface area contributed by atoms with Crippen LogP contribution in [0.5, 0.6) is 0 Å². The van der Waals surface area contributed by atoms with E-state index in [1.807, 2.05) is 13.8 Å². The van der Waals surface area contributed by atoms with Crippen LogP contribution in [0.4, 0.5) is 0 Å². The summed E-state index contributed by atoms with van der Waals surface area (Å²) in [6.07, 6.45) is 0. The largest absolute Gasteiger partial charge is 0.460 e. The van der Waals surface area contributed by atoms with Crippen LogP contribution in [-0.2, 0) is 114 Å². The number of carbonyl (C=O) groups is 6. The first kappa shape index (κ1) is 108. The Balaban J connectivity index is 1.47. The molecule has 702 valence electrons. The van der Waals surface area contributed by atoms with Gasteiger partial charge in [-0.05, 0) is 148 Å². The lowest BCUT2D eigenvalue weighted by Crippen LogP contribution is -2.14. The number of esters is 6. The maximum atomic E-state index is 14.4. The molecule has 0 N–H and O–H groups in total. The fourth-order valence-electron chi connectivity index (χ4n) is 11.3. The van der Waals surface area contributed by atoms with Gasteiger partial charge in [-0.15, -0.1) is 0 Å². The summed E-state index contributed by atoms with van der Waals surface area (Å²) in [6, 6.07) is 22.7. The predicted molar refractivity (Wildman–Crippen MR) is 480 cm³/mol. The minimum Gasteiger partial charge on any atom is -0.460 e. The quantitative estimate of drug-likeness (QED) is 0.0148. The normalized spacial score (nSPS) is 10.8. The molecule has 0 aromatic heterocycles. The molecule has 0 saturated heterocycles. The smallest absolute Gasteiger partial charge is 0.338 e. The van der Waals surface area contributed by atoms with Crippen molar-refractivity contribution in [3.63, 3.8) is 0 Å². The van der Waals surface area contributed by atoms with Gasteiger partial charge < -0.3 is 114 Å². The third kappa shape index (κ3) is 42.0. The summed E-state index contributed by atoms with van der Waals surface area (Å²) in [7, 11) is 9.49. The first-order valence-corrected chi connectivity index (χ1v) is 42.6. The summed E-state index contributed by atoms with van der Waals surface area (Å²) in [5.74, 6) is 28.5. The van der Waals surface area contributed by atoms with E-state index >= 15 is 0 Å². The van der Waals surface area contributed by atoms with Crippen LogP contribution < -0.4 is 0 Å². The fourth-order valence-corrected chi connectivity index (χ4v) is 11.3. The van der Waals surface area contributed by atoms with E-state index in [4.69, 9.17) is 114 Å². The Kier molecular flexibility index (Phi) is 54.6. The molecule has 0 aliphatic rings. The summed E-state index contributed by atoms with van der Waals surface area (Å²) in [6.45, 7) is 19.5. The fraction of sp³-hybridized carbons (Fsp3) is 0.480. The number of hydrogen-bond donors (Lipinski definition) is 0. The van der Waals surface area contributed by atoms with E-state index in [1.165, 1.54) is 0 Å². The number of methoxy groups -OCH3 is 6. The van der Waals surface area contributed by atoms with E-state index in [2.05, 4.69) is 59.2 Å². The molecular weight excluding hydrogens is 1680 g/mol. The van der Waals surface area contributed by atoms with Gasteiger partial charge in [0.2, 0.25) is 0 Å².